The minimum Gasteiger partial charge on any atom is -0.496 e. The van der Waals surface area contributed by atoms with Gasteiger partial charge in [0.2, 0.25) is 5.91 Å². The van der Waals surface area contributed by atoms with Crippen LogP contribution in [0.3, 0.4) is 0 Å². The Kier molecular flexibility index (Phi) is 5.91. The Morgan fingerprint density at radius 2 is 1.43 bits per heavy atom. The summed E-state index contributed by atoms with van der Waals surface area (Å²) in [7, 11) is 1.54. The first kappa shape index (κ1) is 19.0. The highest BCUT2D eigenvalue weighted by Gasteiger charge is 2.11. The summed E-state index contributed by atoms with van der Waals surface area (Å²) in [5.41, 5.74) is 3.57. The zero-order valence-electron chi connectivity index (χ0n) is 15.7. The number of methoxy groups -OCH3 is 1. The van der Waals surface area contributed by atoms with Crippen LogP contribution < -0.4 is 20.7 Å². The highest BCUT2D eigenvalue weighted by Crippen LogP contribution is 2.23. The fourth-order valence-electron chi connectivity index (χ4n) is 2.71. The van der Waals surface area contributed by atoms with Gasteiger partial charge in [-0.25, -0.2) is 0 Å². The number of carbonyl (C=O) groups excluding carboxylic acids is 2. The average Bonchev–Trinajstić information content (AvgIpc) is 2.69. The van der Waals surface area contributed by atoms with Gasteiger partial charge in [0.05, 0.1) is 12.7 Å². The molecule has 3 rings (SSSR count). The van der Waals surface area contributed by atoms with E-state index in [0.717, 1.165) is 17.1 Å². The fourth-order valence-corrected chi connectivity index (χ4v) is 2.71. The molecule has 3 aromatic rings. The lowest BCUT2D eigenvalue weighted by atomic mass is 10.2. The Hall–Kier alpha value is -3.80. The van der Waals surface area contributed by atoms with Gasteiger partial charge >= 0.3 is 0 Å². The van der Waals surface area contributed by atoms with Crippen molar-refractivity contribution in [2.75, 3.05) is 23.1 Å². The molecular weight excluding hydrogens is 354 g/mol. The molecule has 0 bridgehead atoms. The van der Waals surface area contributed by atoms with Crippen LogP contribution in [0.25, 0.3) is 0 Å². The van der Waals surface area contributed by atoms with Crippen molar-refractivity contribution in [3.63, 3.8) is 0 Å². The van der Waals surface area contributed by atoms with Gasteiger partial charge in [0.15, 0.2) is 0 Å². The molecule has 0 aliphatic rings. The van der Waals surface area contributed by atoms with E-state index in [1.165, 1.54) is 14.0 Å². The highest BCUT2D eigenvalue weighted by molar-refractivity contribution is 6.06. The number of para-hydroxylation sites is 1. The van der Waals surface area contributed by atoms with Crippen molar-refractivity contribution in [1.82, 2.24) is 0 Å². The summed E-state index contributed by atoms with van der Waals surface area (Å²) in [6.45, 7) is 1.47. The van der Waals surface area contributed by atoms with Crippen LogP contribution in [0, 0.1) is 0 Å². The maximum Gasteiger partial charge on any atom is 0.259 e. The third-order valence-corrected chi connectivity index (χ3v) is 3.97. The summed E-state index contributed by atoms with van der Waals surface area (Å²) in [6, 6.07) is 21.9. The fraction of sp³-hybridized carbons (Fsp3) is 0.0909. The monoisotopic (exact) mass is 375 g/mol. The minimum atomic E-state index is -0.235. The zero-order chi connectivity index (χ0) is 19.9. The van der Waals surface area contributed by atoms with E-state index >= 15 is 0 Å². The van der Waals surface area contributed by atoms with Crippen molar-refractivity contribution in [2.24, 2.45) is 0 Å². The van der Waals surface area contributed by atoms with Crippen LogP contribution in [0.5, 0.6) is 5.75 Å². The van der Waals surface area contributed by atoms with Gasteiger partial charge in [-0.1, -0.05) is 18.2 Å². The Morgan fingerprint density at radius 3 is 2.14 bits per heavy atom. The first-order valence-electron chi connectivity index (χ1n) is 8.74. The van der Waals surface area contributed by atoms with Crippen molar-refractivity contribution in [3.05, 3.63) is 78.4 Å². The molecule has 0 radical (unpaired) electrons. The van der Waals surface area contributed by atoms with Gasteiger partial charge in [0.1, 0.15) is 5.75 Å². The predicted octanol–water partition coefficient (Wildman–Crippen LogP) is 4.65. The number of amides is 2. The van der Waals surface area contributed by atoms with Gasteiger partial charge in [-0.05, 0) is 54.6 Å². The van der Waals surface area contributed by atoms with E-state index < -0.39 is 0 Å². The third-order valence-electron chi connectivity index (χ3n) is 3.97. The van der Waals surface area contributed by atoms with E-state index in [2.05, 4.69) is 16.0 Å². The van der Waals surface area contributed by atoms with Crippen molar-refractivity contribution < 1.29 is 14.3 Å². The molecule has 3 aromatic carbocycles. The molecule has 0 fully saturated rings. The first-order chi connectivity index (χ1) is 13.5. The molecule has 142 valence electrons. The first-order valence-corrected chi connectivity index (χ1v) is 8.74. The molecule has 0 aliphatic heterocycles. The van der Waals surface area contributed by atoms with Gasteiger partial charge in [0.25, 0.3) is 5.91 Å². The molecule has 0 aliphatic carbocycles. The highest BCUT2D eigenvalue weighted by atomic mass is 16.5. The lowest BCUT2D eigenvalue weighted by molar-refractivity contribution is -0.114. The molecule has 0 spiro atoms. The SMILES string of the molecule is COc1ccccc1C(=O)Nc1ccc(Nc2cccc(NC(C)=O)c2)cc1. The van der Waals surface area contributed by atoms with Gasteiger partial charge in [-0.3, -0.25) is 9.59 Å². The van der Waals surface area contributed by atoms with Crippen LogP contribution in [0.15, 0.2) is 72.8 Å². The topological polar surface area (TPSA) is 79.5 Å². The number of rotatable bonds is 6. The summed E-state index contributed by atoms with van der Waals surface area (Å²) in [6.07, 6.45) is 0. The molecule has 6 nitrogen and oxygen atoms in total. The molecule has 6 heteroatoms. The van der Waals surface area contributed by atoms with E-state index in [0.29, 0.717) is 17.0 Å². The van der Waals surface area contributed by atoms with E-state index in [9.17, 15) is 9.59 Å². The number of hydrogen-bond donors (Lipinski definition) is 3. The van der Waals surface area contributed by atoms with Crippen molar-refractivity contribution >= 4 is 34.6 Å². The van der Waals surface area contributed by atoms with E-state index in [1.54, 1.807) is 18.2 Å². The van der Waals surface area contributed by atoms with Crippen LogP contribution in [0.2, 0.25) is 0 Å². The van der Waals surface area contributed by atoms with Gasteiger partial charge in [-0.15, -0.1) is 0 Å². The number of anilines is 4. The molecule has 0 saturated carbocycles. The molecule has 0 saturated heterocycles. The summed E-state index contributed by atoms with van der Waals surface area (Å²) >= 11 is 0. The second-order valence-corrected chi connectivity index (χ2v) is 6.12. The van der Waals surface area contributed by atoms with Gasteiger partial charge < -0.3 is 20.7 Å². The smallest absolute Gasteiger partial charge is 0.259 e. The van der Waals surface area contributed by atoms with Crippen molar-refractivity contribution in [2.45, 2.75) is 6.92 Å². The van der Waals surface area contributed by atoms with E-state index in [1.807, 2.05) is 54.6 Å². The Morgan fingerprint density at radius 1 is 0.750 bits per heavy atom. The van der Waals surface area contributed by atoms with Crippen LogP contribution in [0.1, 0.15) is 17.3 Å². The standard InChI is InChI=1S/C22H21N3O3/c1-15(26)23-18-6-5-7-19(14-18)24-16-10-12-17(13-11-16)25-22(27)20-8-3-4-9-21(20)28-2/h3-14,24H,1-2H3,(H,23,26)(H,25,27). The molecule has 2 amide bonds. The number of benzene rings is 3. The molecule has 3 N–H and O–H groups in total. The largest absolute Gasteiger partial charge is 0.496 e. The van der Waals surface area contributed by atoms with E-state index in [-0.39, 0.29) is 11.8 Å². The Labute approximate surface area is 163 Å². The number of ether oxygens (including phenoxy) is 1. The van der Waals surface area contributed by atoms with Crippen LogP contribution in [-0.2, 0) is 4.79 Å². The summed E-state index contributed by atoms with van der Waals surface area (Å²) in [5.74, 6) is 0.172. The van der Waals surface area contributed by atoms with Crippen LogP contribution >= 0.6 is 0 Å². The molecule has 0 atom stereocenters. The summed E-state index contributed by atoms with van der Waals surface area (Å²) in [5, 5.41) is 8.87. The zero-order valence-corrected chi connectivity index (χ0v) is 15.7. The maximum absolute atomic E-state index is 12.5. The quantitative estimate of drug-likeness (QED) is 0.586. The lowest BCUT2D eigenvalue weighted by Gasteiger charge is -2.11. The molecular formula is C22H21N3O3. The Bertz CT molecular complexity index is 984. The normalized spacial score (nSPS) is 10.1. The predicted molar refractivity (Wildman–Crippen MR) is 111 cm³/mol. The van der Waals surface area contributed by atoms with Gasteiger partial charge in [0, 0.05) is 29.7 Å². The molecule has 0 aromatic heterocycles. The Balaban J connectivity index is 1.67. The number of carbonyl (C=O) groups is 2. The number of nitrogens with one attached hydrogen (secondary N) is 3. The van der Waals surface area contributed by atoms with Crippen LogP contribution in [0.4, 0.5) is 22.7 Å². The van der Waals surface area contributed by atoms with Crippen molar-refractivity contribution in [3.8, 4) is 5.75 Å². The average molecular weight is 375 g/mol. The van der Waals surface area contributed by atoms with Crippen LogP contribution in [-0.4, -0.2) is 18.9 Å². The van der Waals surface area contributed by atoms with Gasteiger partial charge in [-0.2, -0.15) is 0 Å². The summed E-state index contributed by atoms with van der Waals surface area (Å²) < 4.78 is 5.23. The summed E-state index contributed by atoms with van der Waals surface area (Å²) in [4.78, 5) is 23.6. The molecule has 0 unspecified atom stereocenters. The third kappa shape index (κ3) is 4.88. The van der Waals surface area contributed by atoms with E-state index in [4.69, 9.17) is 4.74 Å². The number of hydrogen-bond acceptors (Lipinski definition) is 4. The minimum absolute atomic E-state index is 0.118. The molecule has 0 heterocycles. The van der Waals surface area contributed by atoms with Crippen molar-refractivity contribution in [1.29, 1.82) is 0 Å². The maximum atomic E-state index is 12.5. The second kappa shape index (κ2) is 8.73. The molecule has 28 heavy (non-hydrogen) atoms. The lowest BCUT2D eigenvalue weighted by Crippen LogP contribution is -2.13. The second-order valence-electron chi connectivity index (χ2n) is 6.12.